The first-order chi connectivity index (χ1) is 8.85. The number of amides is 1. The summed E-state index contributed by atoms with van der Waals surface area (Å²) in [6.45, 7) is 7.56. The molecular formula is C15H22N2O2. The van der Waals surface area contributed by atoms with Crippen LogP contribution in [-0.2, 0) is 4.79 Å². The second-order valence-electron chi connectivity index (χ2n) is 5.80. The van der Waals surface area contributed by atoms with Gasteiger partial charge in [-0.1, -0.05) is 6.07 Å². The number of benzene rings is 1. The highest BCUT2D eigenvalue weighted by atomic mass is 16.3. The van der Waals surface area contributed by atoms with Gasteiger partial charge in [-0.2, -0.15) is 0 Å². The highest BCUT2D eigenvalue weighted by molar-refractivity contribution is 5.92. The van der Waals surface area contributed by atoms with Crippen molar-refractivity contribution in [3.63, 3.8) is 0 Å². The van der Waals surface area contributed by atoms with E-state index in [1.165, 1.54) is 11.1 Å². The quantitative estimate of drug-likeness (QED) is 0.871. The Hall–Kier alpha value is -1.39. The Morgan fingerprint density at radius 1 is 1.42 bits per heavy atom. The highest BCUT2D eigenvalue weighted by Crippen LogP contribution is 2.20. The molecule has 4 nitrogen and oxygen atoms in total. The molecule has 1 fully saturated rings. The molecule has 1 saturated heterocycles. The van der Waals surface area contributed by atoms with Gasteiger partial charge in [0, 0.05) is 18.8 Å². The molecule has 1 aliphatic heterocycles. The molecule has 1 aromatic rings. The molecule has 1 unspecified atom stereocenters. The van der Waals surface area contributed by atoms with Crippen LogP contribution in [0.1, 0.15) is 24.5 Å². The fraction of sp³-hybridized carbons (Fsp3) is 0.533. The summed E-state index contributed by atoms with van der Waals surface area (Å²) < 4.78 is 0. The van der Waals surface area contributed by atoms with E-state index in [2.05, 4.69) is 5.32 Å². The van der Waals surface area contributed by atoms with E-state index in [9.17, 15) is 9.90 Å². The van der Waals surface area contributed by atoms with Gasteiger partial charge in [-0.25, -0.2) is 0 Å². The minimum atomic E-state index is -0.652. The van der Waals surface area contributed by atoms with Crippen LogP contribution in [0.2, 0.25) is 0 Å². The van der Waals surface area contributed by atoms with Crippen LogP contribution in [0.15, 0.2) is 18.2 Å². The summed E-state index contributed by atoms with van der Waals surface area (Å²) in [6, 6.07) is 5.90. The van der Waals surface area contributed by atoms with E-state index in [0.29, 0.717) is 13.1 Å². The molecule has 1 atom stereocenters. The Morgan fingerprint density at radius 3 is 2.74 bits per heavy atom. The van der Waals surface area contributed by atoms with Crippen molar-refractivity contribution in [2.75, 3.05) is 25.0 Å². The average molecular weight is 262 g/mol. The van der Waals surface area contributed by atoms with Gasteiger partial charge >= 0.3 is 0 Å². The van der Waals surface area contributed by atoms with Crippen LogP contribution in [0.3, 0.4) is 0 Å². The van der Waals surface area contributed by atoms with Crippen LogP contribution < -0.4 is 5.32 Å². The first-order valence-corrected chi connectivity index (χ1v) is 6.68. The van der Waals surface area contributed by atoms with Crippen LogP contribution >= 0.6 is 0 Å². The first-order valence-electron chi connectivity index (χ1n) is 6.68. The molecule has 0 aliphatic carbocycles. The lowest BCUT2D eigenvalue weighted by molar-refractivity contribution is -0.117. The third-order valence-electron chi connectivity index (χ3n) is 3.69. The molecule has 0 spiro atoms. The third kappa shape index (κ3) is 3.78. The monoisotopic (exact) mass is 262 g/mol. The van der Waals surface area contributed by atoms with Crippen molar-refractivity contribution >= 4 is 11.6 Å². The van der Waals surface area contributed by atoms with Crippen LogP contribution in [0.25, 0.3) is 0 Å². The van der Waals surface area contributed by atoms with E-state index in [1.807, 2.05) is 43.9 Å². The van der Waals surface area contributed by atoms with Gasteiger partial charge in [-0.3, -0.25) is 9.69 Å². The number of carbonyl (C=O) groups excluding carboxylic acids is 1. The molecule has 0 bridgehead atoms. The predicted molar refractivity (Wildman–Crippen MR) is 76.2 cm³/mol. The zero-order valence-corrected chi connectivity index (χ0v) is 11.9. The molecule has 19 heavy (non-hydrogen) atoms. The largest absolute Gasteiger partial charge is 0.389 e. The van der Waals surface area contributed by atoms with Crippen molar-refractivity contribution in [2.24, 2.45) is 0 Å². The summed E-state index contributed by atoms with van der Waals surface area (Å²) in [7, 11) is 0. The van der Waals surface area contributed by atoms with Gasteiger partial charge in [-0.15, -0.1) is 0 Å². The summed E-state index contributed by atoms with van der Waals surface area (Å²) in [5.74, 6) is -0.0269. The summed E-state index contributed by atoms with van der Waals surface area (Å²) in [6.07, 6.45) is 0.726. The van der Waals surface area contributed by atoms with Gasteiger partial charge in [0.2, 0.25) is 5.91 Å². The summed E-state index contributed by atoms with van der Waals surface area (Å²) in [5.41, 5.74) is 2.57. The molecule has 1 aliphatic rings. The lowest BCUT2D eigenvalue weighted by atomic mass is 10.1. The maximum absolute atomic E-state index is 11.9. The number of aliphatic hydroxyl groups is 1. The summed E-state index contributed by atoms with van der Waals surface area (Å²) in [5, 5.41) is 12.8. The molecule has 104 valence electrons. The number of likely N-dealkylation sites (tertiary alicyclic amines) is 1. The molecule has 2 rings (SSSR count). The van der Waals surface area contributed by atoms with Crippen LogP contribution in [0, 0.1) is 13.8 Å². The van der Waals surface area contributed by atoms with Crippen molar-refractivity contribution in [1.82, 2.24) is 4.90 Å². The molecule has 2 N–H and O–H groups in total. The Morgan fingerprint density at radius 2 is 2.16 bits per heavy atom. The Kier molecular flexibility index (Phi) is 3.92. The van der Waals surface area contributed by atoms with E-state index in [0.717, 1.165) is 18.7 Å². The van der Waals surface area contributed by atoms with Crippen molar-refractivity contribution in [3.8, 4) is 0 Å². The molecule has 0 aromatic heterocycles. The molecule has 0 radical (unpaired) electrons. The molecule has 0 saturated carbocycles. The lowest BCUT2D eigenvalue weighted by Crippen LogP contribution is -2.35. The minimum Gasteiger partial charge on any atom is -0.389 e. The predicted octanol–water partition coefficient (Wildman–Crippen LogP) is 1.70. The first kappa shape index (κ1) is 14.0. The molecule has 1 aromatic carbocycles. The second kappa shape index (κ2) is 5.31. The molecule has 1 heterocycles. The topological polar surface area (TPSA) is 52.6 Å². The Labute approximate surface area is 114 Å². The van der Waals surface area contributed by atoms with Crippen molar-refractivity contribution < 1.29 is 9.90 Å². The standard InChI is InChI=1S/C15H22N2O2/c1-11-4-5-13(8-12(11)2)16-14(18)9-17-7-6-15(3,19)10-17/h4-5,8,19H,6-7,9-10H2,1-3H3,(H,16,18). The summed E-state index contributed by atoms with van der Waals surface area (Å²) in [4.78, 5) is 13.9. The van der Waals surface area contributed by atoms with E-state index >= 15 is 0 Å². The molecular weight excluding hydrogens is 240 g/mol. The second-order valence-corrected chi connectivity index (χ2v) is 5.80. The zero-order chi connectivity index (χ0) is 14.0. The van der Waals surface area contributed by atoms with E-state index in [1.54, 1.807) is 0 Å². The number of nitrogens with zero attached hydrogens (tertiary/aromatic N) is 1. The maximum Gasteiger partial charge on any atom is 0.238 e. The summed E-state index contributed by atoms with van der Waals surface area (Å²) >= 11 is 0. The van der Waals surface area contributed by atoms with Crippen molar-refractivity contribution in [2.45, 2.75) is 32.8 Å². The number of hydrogen-bond donors (Lipinski definition) is 2. The minimum absolute atomic E-state index is 0.0269. The lowest BCUT2D eigenvalue weighted by Gasteiger charge is -2.18. The average Bonchev–Trinajstić information content (AvgIpc) is 2.63. The Balaban J connectivity index is 1.89. The van der Waals surface area contributed by atoms with Crippen molar-refractivity contribution in [3.05, 3.63) is 29.3 Å². The van der Waals surface area contributed by atoms with Gasteiger partial charge in [0.05, 0.1) is 12.1 Å². The number of β-amino-alcohol motifs (C(OH)–C–C–N with tert-alkyl or cyclic N) is 1. The van der Waals surface area contributed by atoms with Gasteiger partial charge in [0.25, 0.3) is 0 Å². The van der Waals surface area contributed by atoms with E-state index in [4.69, 9.17) is 0 Å². The van der Waals surface area contributed by atoms with Crippen LogP contribution in [0.5, 0.6) is 0 Å². The number of aryl methyl sites for hydroxylation is 2. The Bertz CT molecular complexity index is 483. The number of rotatable bonds is 3. The number of carbonyl (C=O) groups is 1. The van der Waals surface area contributed by atoms with Crippen molar-refractivity contribution in [1.29, 1.82) is 0 Å². The fourth-order valence-electron chi connectivity index (χ4n) is 2.40. The number of hydrogen-bond acceptors (Lipinski definition) is 3. The van der Waals surface area contributed by atoms with Gasteiger partial charge in [0.1, 0.15) is 0 Å². The highest BCUT2D eigenvalue weighted by Gasteiger charge is 2.31. The zero-order valence-electron chi connectivity index (χ0n) is 11.9. The maximum atomic E-state index is 11.9. The van der Waals surface area contributed by atoms with Crippen LogP contribution in [-0.4, -0.2) is 41.1 Å². The van der Waals surface area contributed by atoms with E-state index in [-0.39, 0.29) is 5.91 Å². The number of nitrogens with one attached hydrogen (secondary N) is 1. The van der Waals surface area contributed by atoms with Gasteiger partial charge in [0.15, 0.2) is 0 Å². The van der Waals surface area contributed by atoms with Gasteiger partial charge in [-0.05, 0) is 50.5 Å². The fourth-order valence-corrected chi connectivity index (χ4v) is 2.40. The SMILES string of the molecule is Cc1ccc(NC(=O)CN2CCC(C)(O)C2)cc1C. The molecule has 1 amide bonds. The third-order valence-corrected chi connectivity index (χ3v) is 3.69. The van der Waals surface area contributed by atoms with E-state index < -0.39 is 5.60 Å². The molecule has 4 heteroatoms. The van der Waals surface area contributed by atoms with Gasteiger partial charge < -0.3 is 10.4 Å². The normalized spacial score (nSPS) is 23.6. The number of anilines is 1. The van der Waals surface area contributed by atoms with Crippen LogP contribution in [0.4, 0.5) is 5.69 Å². The smallest absolute Gasteiger partial charge is 0.238 e.